The van der Waals surface area contributed by atoms with Crippen LogP contribution in [0.1, 0.15) is 37.0 Å². The van der Waals surface area contributed by atoms with E-state index >= 15 is 0 Å². The first-order valence-corrected chi connectivity index (χ1v) is 15.3. The summed E-state index contributed by atoms with van der Waals surface area (Å²) in [5.74, 6) is -2.16. The van der Waals surface area contributed by atoms with E-state index in [1.165, 1.54) is 24.0 Å². The molecule has 222 valence electrons. The van der Waals surface area contributed by atoms with Crippen LogP contribution in [0.15, 0.2) is 62.9 Å². The zero-order valence-corrected chi connectivity index (χ0v) is 25.6. The SMILES string of the molecule is CC(=O)NC(CSC(=O)CC1=C(C)C(=Cc2ccc(S(C)=O)cc2)c2ccc(F)cc21)C(=O)N=C(N)N=C(N)N(C)C. The van der Waals surface area contributed by atoms with E-state index in [4.69, 9.17) is 11.5 Å². The van der Waals surface area contributed by atoms with Gasteiger partial charge in [-0.3, -0.25) is 18.6 Å². The number of benzene rings is 2. The summed E-state index contributed by atoms with van der Waals surface area (Å²) >= 11 is 0.848. The molecule has 13 heteroatoms. The van der Waals surface area contributed by atoms with Crippen molar-refractivity contribution in [3.05, 3.63) is 70.5 Å². The monoisotopic (exact) mass is 612 g/mol. The number of nitrogens with two attached hydrogens (primary N) is 2. The van der Waals surface area contributed by atoms with Gasteiger partial charge in [0, 0.05) is 55.1 Å². The van der Waals surface area contributed by atoms with E-state index in [-0.39, 0.29) is 29.2 Å². The number of carbonyl (C=O) groups is 3. The Labute approximate surface area is 250 Å². The third-order valence-corrected chi connectivity index (χ3v) is 8.20. The molecule has 0 fully saturated rings. The van der Waals surface area contributed by atoms with Crippen LogP contribution in [-0.2, 0) is 25.2 Å². The molecule has 0 spiro atoms. The smallest absolute Gasteiger partial charge is 0.272 e. The Hall–Kier alpha value is -4.10. The minimum atomic E-state index is -1.13. The number of carbonyl (C=O) groups excluding carboxylic acids is 3. The van der Waals surface area contributed by atoms with E-state index in [1.807, 2.05) is 25.1 Å². The number of thioether (sulfide) groups is 1. The third kappa shape index (κ3) is 8.46. The average Bonchev–Trinajstić information content (AvgIpc) is 3.15. The molecule has 2 amide bonds. The van der Waals surface area contributed by atoms with Crippen molar-refractivity contribution in [2.75, 3.05) is 26.1 Å². The van der Waals surface area contributed by atoms with Gasteiger partial charge in [-0.05, 0) is 70.7 Å². The van der Waals surface area contributed by atoms with Crippen LogP contribution in [0.4, 0.5) is 4.39 Å². The number of halogens is 1. The number of amides is 2. The lowest BCUT2D eigenvalue weighted by molar-refractivity contribution is -0.125. The maximum atomic E-state index is 14.3. The van der Waals surface area contributed by atoms with Crippen LogP contribution in [0.2, 0.25) is 0 Å². The quantitative estimate of drug-likeness (QED) is 0.303. The molecule has 0 aromatic heterocycles. The standard InChI is InChI=1S/C29H33FN6O4S2/c1-16-22(12-18-6-9-20(10-7-18)42(5)40)21-11-8-19(30)13-24(21)23(16)14-26(38)41-15-25(33-17(2)37)27(39)34-28(31)35-29(32)36(3)4/h6-13,25H,14-15H2,1-5H3,(H,33,37)(H4,31,32,34,35,39). The average molecular weight is 613 g/mol. The van der Waals surface area contributed by atoms with Gasteiger partial charge >= 0.3 is 0 Å². The summed E-state index contributed by atoms with van der Waals surface area (Å²) in [5, 5.41) is 2.20. The van der Waals surface area contributed by atoms with Gasteiger partial charge in [0.25, 0.3) is 5.91 Å². The third-order valence-electron chi connectivity index (χ3n) is 6.30. The van der Waals surface area contributed by atoms with E-state index in [2.05, 4.69) is 15.3 Å². The van der Waals surface area contributed by atoms with Gasteiger partial charge in [-0.2, -0.15) is 9.98 Å². The number of aliphatic imine (C=N–C) groups is 2. The molecule has 1 aliphatic carbocycles. The van der Waals surface area contributed by atoms with Crippen molar-refractivity contribution in [1.82, 2.24) is 10.2 Å². The van der Waals surface area contributed by atoms with Gasteiger partial charge < -0.3 is 21.7 Å². The minimum absolute atomic E-state index is 0.0319. The largest absolute Gasteiger partial charge is 0.369 e. The summed E-state index contributed by atoms with van der Waals surface area (Å²) in [6.07, 6.45) is 3.52. The highest BCUT2D eigenvalue weighted by atomic mass is 32.2. The zero-order chi connectivity index (χ0) is 31.1. The fraction of sp³-hybridized carbons (Fsp3) is 0.276. The number of rotatable bonds is 8. The van der Waals surface area contributed by atoms with Crippen molar-refractivity contribution >= 4 is 68.6 Å². The molecule has 0 saturated heterocycles. The van der Waals surface area contributed by atoms with E-state index in [0.29, 0.717) is 16.0 Å². The number of nitrogens with zero attached hydrogens (tertiary/aromatic N) is 3. The van der Waals surface area contributed by atoms with E-state index in [1.54, 1.807) is 38.6 Å². The number of fused-ring (bicyclic) bond motifs is 1. The van der Waals surface area contributed by atoms with Crippen molar-refractivity contribution < 1.29 is 23.0 Å². The van der Waals surface area contributed by atoms with Crippen LogP contribution in [0.25, 0.3) is 17.2 Å². The molecule has 0 saturated carbocycles. The van der Waals surface area contributed by atoms with Crippen LogP contribution < -0.4 is 16.8 Å². The Bertz CT molecular complexity index is 1550. The first-order valence-electron chi connectivity index (χ1n) is 12.7. The Balaban J connectivity index is 1.82. The lowest BCUT2D eigenvalue weighted by atomic mass is 10.0. The van der Waals surface area contributed by atoms with Crippen LogP contribution in [-0.4, -0.2) is 70.1 Å². The molecular formula is C29H33FN6O4S2. The lowest BCUT2D eigenvalue weighted by Crippen LogP contribution is -2.42. The maximum absolute atomic E-state index is 14.3. The molecule has 0 bridgehead atoms. The molecule has 2 aromatic carbocycles. The molecule has 10 nitrogen and oxygen atoms in total. The first kappa shape index (κ1) is 32.4. The highest BCUT2D eigenvalue weighted by molar-refractivity contribution is 8.13. The van der Waals surface area contributed by atoms with Gasteiger partial charge in [0.1, 0.15) is 11.9 Å². The van der Waals surface area contributed by atoms with Gasteiger partial charge in [0.05, 0.1) is 0 Å². The second-order valence-corrected chi connectivity index (χ2v) is 12.1. The summed E-state index contributed by atoms with van der Waals surface area (Å²) in [6.45, 7) is 3.11. The summed E-state index contributed by atoms with van der Waals surface area (Å²) in [5.41, 5.74) is 16.0. The van der Waals surface area contributed by atoms with Gasteiger partial charge in [-0.25, -0.2) is 4.39 Å². The summed E-state index contributed by atoms with van der Waals surface area (Å²) in [7, 11) is 2.17. The lowest BCUT2D eigenvalue weighted by Gasteiger charge is -2.14. The normalized spacial score (nSPS) is 15.8. The molecule has 0 aliphatic heterocycles. The summed E-state index contributed by atoms with van der Waals surface area (Å²) < 4.78 is 26.0. The Kier molecular flexibility index (Phi) is 10.9. The molecule has 2 atom stereocenters. The molecule has 5 N–H and O–H groups in total. The van der Waals surface area contributed by atoms with Crippen LogP contribution >= 0.6 is 11.8 Å². The Morgan fingerprint density at radius 3 is 2.36 bits per heavy atom. The van der Waals surface area contributed by atoms with E-state index in [9.17, 15) is 23.0 Å². The van der Waals surface area contributed by atoms with Crippen molar-refractivity contribution in [3.63, 3.8) is 0 Å². The molecule has 42 heavy (non-hydrogen) atoms. The molecule has 1 aliphatic rings. The topological polar surface area (TPSA) is 160 Å². The van der Waals surface area contributed by atoms with Gasteiger partial charge in [-0.1, -0.05) is 30.0 Å². The number of nitrogens with one attached hydrogen (secondary N) is 1. The molecule has 3 rings (SSSR count). The number of hydrogen-bond acceptors (Lipinski definition) is 5. The molecule has 2 unspecified atom stereocenters. The summed E-state index contributed by atoms with van der Waals surface area (Å²) in [6, 6.07) is 10.6. The fourth-order valence-corrected chi connectivity index (χ4v) is 5.47. The van der Waals surface area contributed by atoms with Crippen LogP contribution in [0.3, 0.4) is 0 Å². The molecule has 2 aromatic rings. The van der Waals surface area contributed by atoms with Gasteiger partial charge in [0.15, 0.2) is 11.1 Å². The second-order valence-electron chi connectivity index (χ2n) is 9.66. The first-order chi connectivity index (χ1) is 19.8. The predicted molar refractivity (Wildman–Crippen MR) is 167 cm³/mol. The minimum Gasteiger partial charge on any atom is -0.369 e. The molecule has 0 heterocycles. The second kappa shape index (κ2) is 14.2. The predicted octanol–water partition coefficient (Wildman–Crippen LogP) is 2.76. The van der Waals surface area contributed by atoms with Crippen molar-refractivity contribution in [3.8, 4) is 0 Å². The van der Waals surface area contributed by atoms with Crippen molar-refractivity contribution in [2.24, 2.45) is 21.5 Å². The Morgan fingerprint density at radius 2 is 1.76 bits per heavy atom. The Morgan fingerprint density at radius 1 is 1.10 bits per heavy atom. The van der Waals surface area contributed by atoms with Crippen molar-refractivity contribution in [2.45, 2.75) is 31.2 Å². The van der Waals surface area contributed by atoms with Crippen LogP contribution in [0.5, 0.6) is 0 Å². The highest BCUT2D eigenvalue weighted by Crippen LogP contribution is 2.44. The zero-order valence-electron chi connectivity index (χ0n) is 23.9. The molecule has 0 radical (unpaired) electrons. The number of guanidine groups is 2. The fourth-order valence-electron chi connectivity index (χ4n) is 4.13. The van der Waals surface area contributed by atoms with E-state index in [0.717, 1.165) is 34.0 Å². The molecular weight excluding hydrogens is 579 g/mol. The maximum Gasteiger partial charge on any atom is 0.272 e. The van der Waals surface area contributed by atoms with E-state index < -0.39 is 34.5 Å². The van der Waals surface area contributed by atoms with Crippen molar-refractivity contribution in [1.29, 1.82) is 0 Å². The summed E-state index contributed by atoms with van der Waals surface area (Å²) in [4.78, 5) is 47.3. The van der Waals surface area contributed by atoms with Gasteiger partial charge in [0.2, 0.25) is 11.9 Å². The number of hydrogen-bond donors (Lipinski definition) is 3. The number of allylic oxidation sites excluding steroid dienone is 3. The van der Waals surface area contributed by atoms with Crippen LogP contribution in [0, 0.1) is 5.82 Å². The van der Waals surface area contributed by atoms with Gasteiger partial charge in [-0.15, -0.1) is 0 Å². The highest BCUT2D eigenvalue weighted by Gasteiger charge is 2.27.